The standard InChI is InChI=1S/C11H16ClN5/c1-8(2)6-17(5-3-4-13)11-9(12)10(14)15-7-16-11/h7-8H,3,5-6H2,1-2H3,(H2,14,15,16). The molecule has 2 N–H and O–H groups in total. The zero-order chi connectivity index (χ0) is 12.8. The number of nitrogens with two attached hydrogens (primary N) is 1. The van der Waals surface area contributed by atoms with Crippen molar-refractivity contribution >= 4 is 23.2 Å². The molecule has 1 heterocycles. The third kappa shape index (κ3) is 3.75. The fourth-order valence-corrected chi connectivity index (χ4v) is 1.72. The van der Waals surface area contributed by atoms with E-state index in [-0.39, 0.29) is 5.82 Å². The van der Waals surface area contributed by atoms with Gasteiger partial charge in [0.2, 0.25) is 0 Å². The molecule has 0 spiro atoms. The molecule has 0 unspecified atom stereocenters. The quantitative estimate of drug-likeness (QED) is 0.869. The molecule has 0 amide bonds. The third-order valence-corrected chi connectivity index (χ3v) is 2.54. The van der Waals surface area contributed by atoms with Gasteiger partial charge in [0, 0.05) is 13.1 Å². The van der Waals surface area contributed by atoms with Gasteiger partial charge in [0.15, 0.2) is 5.82 Å². The lowest BCUT2D eigenvalue weighted by molar-refractivity contribution is 0.607. The normalized spacial score (nSPS) is 10.3. The molecule has 0 atom stereocenters. The van der Waals surface area contributed by atoms with Gasteiger partial charge in [-0.15, -0.1) is 0 Å². The Morgan fingerprint density at radius 3 is 2.82 bits per heavy atom. The van der Waals surface area contributed by atoms with Gasteiger partial charge < -0.3 is 10.6 Å². The maximum absolute atomic E-state index is 8.65. The SMILES string of the molecule is CC(C)CN(CCC#N)c1ncnc(N)c1Cl. The number of hydrogen-bond donors (Lipinski definition) is 1. The molecule has 0 aliphatic rings. The van der Waals surface area contributed by atoms with Crippen LogP contribution in [0.5, 0.6) is 0 Å². The molecule has 0 bridgehead atoms. The largest absolute Gasteiger partial charge is 0.382 e. The molecule has 6 heteroatoms. The maximum Gasteiger partial charge on any atom is 0.153 e. The van der Waals surface area contributed by atoms with Crippen LogP contribution >= 0.6 is 11.6 Å². The Morgan fingerprint density at radius 1 is 1.53 bits per heavy atom. The van der Waals surface area contributed by atoms with Crippen molar-refractivity contribution < 1.29 is 0 Å². The van der Waals surface area contributed by atoms with Crippen molar-refractivity contribution in [2.45, 2.75) is 20.3 Å². The van der Waals surface area contributed by atoms with Crippen molar-refractivity contribution in [1.29, 1.82) is 5.26 Å². The van der Waals surface area contributed by atoms with Crippen molar-refractivity contribution in [3.05, 3.63) is 11.3 Å². The summed E-state index contributed by atoms with van der Waals surface area (Å²) in [5.74, 6) is 1.31. The molecule has 0 radical (unpaired) electrons. The minimum Gasteiger partial charge on any atom is -0.382 e. The van der Waals surface area contributed by atoms with Gasteiger partial charge in [-0.25, -0.2) is 9.97 Å². The second kappa shape index (κ2) is 6.26. The molecule has 17 heavy (non-hydrogen) atoms. The van der Waals surface area contributed by atoms with Crippen LogP contribution in [-0.2, 0) is 0 Å². The van der Waals surface area contributed by atoms with Crippen LogP contribution in [0.15, 0.2) is 6.33 Å². The van der Waals surface area contributed by atoms with E-state index in [1.807, 2.05) is 4.90 Å². The maximum atomic E-state index is 8.65. The lowest BCUT2D eigenvalue weighted by Crippen LogP contribution is -2.29. The summed E-state index contributed by atoms with van der Waals surface area (Å²) >= 11 is 6.08. The van der Waals surface area contributed by atoms with E-state index in [0.717, 1.165) is 6.54 Å². The minimum absolute atomic E-state index is 0.266. The van der Waals surface area contributed by atoms with Crippen molar-refractivity contribution in [2.24, 2.45) is 5.92 Å². The van der Waals surface area contributed by atoms with Gasteiger partial charge >= 0.3 is 0 Å². The second-order valence-corrected chi connectivity index (χ2v) is 4.52. The number of hydrogen-bond acceptors (Lipinski definition) is 5. The van der Waals surface area contributed by atoms with Crippen LogP contribution in [0.2, 0.25) is 5.02 Å². The molecule has 0 aromatic carbocycles. The molecule has 92 valence electrons. The molecule has 0 aliphatic carbocycles. The topological polar surface area (TPSA) is 78.8 Å². The van der Waals surface area contributed by atoms with Crippen LogP contribution in [0.1, 0.15) is 20.3 Å². The summed E-state index contributed by atoms with van der Waals surface area (Å²) in [5.41, 5.74) is 5.64. The Bertz CT molecular complexity index is 413. The average molecular weight is 254 g/mol. The molecular formula is C11H16ClN5. The van der Waals surface area contributed by atoms with E-state index in [4.69, 9.17) is 22.6 Å². The molecule has 0 saturated heterocycles. The number of aromatic nitrogens is 2. The summed E-state index contributed by atoms with van der Waals surface area (Å²) in [6, 6.07) is 2.12. The van der Waals surface area contributed by atoms with Crippen LogP contribution in [-0.4, -0.2) is 23.1 Å². The first-order chi connectivity index (χ1) is 8.06. The van der Waals surface area contributed by atoms with Gasteiger partial charge in [-0.05, 0) is 5.92 Å². The summed E-state index contributed by atoms with van der Waals surface area (Å²) < 4.78 is 0. The van der Waals surface area contributed by atoms with Crippen LogP contribution in [0.4, 0.5) is 11.6 Å². The molecular weight excluding hydrogens is 238 g/mol. The highest BCUT2D eigenvalue weighted by Crippen LogP contribution is 2.27. The Kier molecular flexibility index (Phi) is 4.98. The van der Waals surface area contributed by atoms with Gasteiger partial charge in [-0.1, -0.05) is 25.4 Å². The number of rotatable bonds is 5. The first-order valence-corrected chi connectivity index (χ1v) is 5.82. The number of nitrogens with zero attached hydrogens (tertiary/aromatic N) is 4. The first-order valence-electron chi connectivity index (χ1n) is 5.44. The highest BCUT2D eigenvalue weighted by Gasteiger charge is 2.15. The molecule has 0 aliphatic heterocycles. The predicted octanol–water partition coefficient (Wildman–Crippen LogP) is 2.09. The van der Waals surface area contributed by atoms with Crippen LogP contribution in [0.25, 0.3) is 0 Å². The lowest BCUT2D eigenvalue weighted by Gasteiger charge is -2.25. The Labute approximate surface area is 106 Å². The monoisotopic (exact) mass is 253 g/mol. The molecule has 0 fully saturated rings. The van der Waals surface area contributed by atoms with E-state index in [0.29, 0.717) is 29.7 Å². The van der Waals surface area contributed by atoms with E-state index in [9.17, 15) is 0 Å². The molecule has 1 rings (SSSR count). The van der Waals surface area contributed by atoms with E-state index in [1.165, 1.54) is 6.33 Å². The number of halogens is 1. The zero-order valence-corrected chi connectivity index (χ0v) is 10.8. The van der Waals surface area contributed by atoms with E-state index in [2.05, 4.69) is 29.9 Å². The Hall–Kier alpha value is -1.54. The number of nitriles is 1. The van der Waals surface area contributed by atoms with E-state index in [1.54, 1.807) is 0 Å². The lowest BCUT2D eigenvalue weighted by atomic mass is 10.2. The van der Waals surface area contributed by atoms with Crippen molar-refractivity contribution in [3.63, 3.8) is 0 Å². The van der Waals surface area contributed by atoms with Gasteiger partial charge in [-0.3, -0.25) is 0 Å². The average Bonchev–Trinajstić information content (AvgIpc) is 2.28. The molecule has 0 saturated carbocycles. The smallest absolute Gasteiger partial charge is 0.153 e. The van der Waals surface area contributed by atoms with Crippen molar-refractivity contribution in [2.75, 3.05) is 23.7 Å². The second-order valence-electron chi connectivity index (χ2n) is 4.14. The van der Waals surface area contributed by atoms with Gasteiger partial charge in [0.05, 0.1) is 12.5 Å². The van der Waals surface area contributed by atoms with Crippen LogP contribution < -0.4 is 10.6 Å². The number of anilines is 2. The van der Waals surface area contributed by atoms with Crippen molar-refractivity contribution in [3.8, 4) is 6.07 Å². The van der Waals surface area contributed by atoms with Crippen LogP contribution in [0.3, 0.4) is 0 Å². The Morgan fingerprint density at radius 2 is 2.24 bits per heavy atom. The highest BCUT2D eigenvalue weighted by atomic mass is 35.5. The summed E-state index contributed by atoms with van der Waals surface area (Å²) in [6.07, 6.45) is 1.81. The van der Waals surface area contributed by atoms with Gasteiger partial charge in [-0.2, -0.15) is 5.26 Å². The summed E-state index contributed by atoms with van der Waals surface area (Å²) in [7, 11) is 0. The van der Waals surface area contributed by atoms with Gasteiger partial charge in [0.1, 0.15) is 17.2 Å². The van der Waals surface area contributed by atoms with Crippen molar-refractivity contribution in [1.82, 2.24) is 9.97 Å². The number of nitrogen functional groups attached to an aromatic ring is 1. The van der Waals surface area contributed by atoms with E-state index >= 15 is 0 Å². The fourth-order valence-electron chi connectivity index (χ4n) is 1.50. The highest BCUT2D eigenvalue weighted by molar-refractivity contribution is 6.35. The third-order valence-electron chi connectivity index (χ3n) is 2.18. The first kappa shape index (κ1) is 13.5. The van der Waals surface area contributed by atoms with Gasteiger partial charge in [0.25, 0.3) is 0 Å². The summed E-state index contributed by atoms with van der Waals surface area (Å²) in [6.45, 7) is 5.55. The molecule has 5 nitrogen and oxygen atoms in total. The van der Waals surface area contributed by atoms with Crippen LogP contribution in [0, 0.1) is 17.2 Å². The summed E-state index contributed by atoms with van der Waals surface area (Å²) in [5, 5.41) is 9.01. The Balaban J connectivity index is 2.95. The molecule has 1 aromatic rings. The predicted molar refractivity (Wildman–Crippen MR) is 68.7 cm³/mol. The minimum atomic E-state index is 0.266. The summed E-state index contributed by atoms with van der Waals surface area (Å²) in [4.78, 5) is 9.93. The molecule has 1 aromatic heterocycles. The zero-order valence-electron chi connectivity index (χ0n) is 10.0. The fraction of sp³-hybridized carbons (Fsp3) is 0.545. The van der Waals surface area contributed by atoms with E-state index < -0.39 is 0 Å².